The molecule has 43 heavy (non-hydrogen) atoms. The number of fused-ring (bicyclic) bond motifs is 1. The number of rotatable bonds is 12. The van der Waals surface area contributed by atoms with Gasteiger partial charge in [0, 0.05) is 44.9 Å². The summed E-state index contributed by atoms with van der Waals surface area (Å²) in [5, 5.41) is 0. The van der Waals surface area contributed by atoms with Crippen LogP contribution in [-0.2, 0) is 11.2 Å². The number of carbonyl (C=O) groups is 1. The van der Waals surface area contributed by atoms with E-state index in [9.17, 15) is 4.79 Å². The minimum atomic E-state index is -0.165. The minimum Gasteiger partial charge on any atom is -0.497 e. The van der Waals surface area contributed by atoms with Crippen LogP contribution >= 0.6 is 11.9 Å². The smallest absolute Gasteiger partial charge is 0.337 e. The van der Waals surface area contributed by atoms with Crippen LogP contribution in [0.25, 0.3) is 0 Å². The number of hydrogen-bond donors (Lipinski definition) is 0. The van der Waals surface area contributed by atoms with Gasteiger partial charge < -0.3 is 24.0 Å². The molecule has 0 spiro atoms. The number of hydrogen-bond acceptors (Lipinski definition) is 7. The van der Waals surface area contributed by atoms with Crippen LogP contribution in [0.15, 0.2) is 65.6 Å². The van der Waals surface area contributed by atoms with Crippen molar-refractivity contribution < 1.29 is 19.0 Å². The van der Waals surface area contributed by atoms with Crippen molar-refractivity contribution in [2.24, 2.45) is 0 Å². The first-order valence-electron chi connectivity index (χ1n) is 15.4. The Hall–Kier alpha value is -3.04. The number of aryl methyl sites for hydroxylation is 1. The maximum absolute atomic E-state index is 13.7. The van der Waals surface area contributed by atoms with Crippen LogP contribution < -0.4 is 18.1 Å². The summed E-state index contributed by atoms with van der Waals surface area (Å²) >= 11 is 1.60. The molecule has 3 aromatic rings. The Balaban J connectivity index is 1.08. The Kier molecular flexibility index (Phi) is 10.3. The van der Waals surface area contributed by atoms with E-state index in [0.29, 0.717) is 6.61 Å². The van der Waals surface area contributed by atoms with Crippen molar-refractivity contribution in [2.45, 2.75) is 43.9 Å². The zero-order valence-corrected chi connectivity index (χ0v) is 27.1. The lowest BCUT2D eigenvalue weighted by Crippen LogP contribution is -2.48. The van der Waals surface area contributed by atoms with E-state index in [1.165, 1.54) is 5.56 Å². The maximum Gasteiger partial charge on any atom is 0.337 e. The number of likely N-dealkylation sites (N-methyl/N-ethyl adjacent to an activating group) is 1. The number of piperazine rings is 1. The number of benzene rings is 3. The van der Waals surface area contributed by atoms with Gasteiger partial charge in [0.1, 0.15) is 23.4 Å². The van der Waals surface area contributed by atoms with Gasteiger partial charge in [-0.1, -0.05) is 24.3 Å². The molecule has 3 aromatic carbocycles. The molecule has 2 heterocycles. The van der Waals surface area contributed by atoms with Crippen molar-refractivity contribution in [3.63, 3.8) is 0 Å². The van der Waals surface area contributed by atoms with E-state index in [0.717, 1.165) is 97.5 Å². The standard InChI is InChI=1S/C35H46N3O4S/c1-26-12-13-33(32(22-26)38(3)35(39)27(2)31-10-6-7-11-34(31)43-38)42-21-9-8-15-36-17-19-37(20-18-36)16-14-28-23-29(40-4)25-30(24-28)41-5/h6-7,10-13,22-25,27H,8-9,14-21H2,1-5H3/q+1. The van der Waals surface area contributed by atoms with Crippen molar-refractivity contribution in [3.05, 3.63) is 77.4 Å². The molecule has 2 aliphatic rings. The van der Waals surface area contributed by atoms with Crippen molar-refractivity contribution in [2.75, 3.05) is 67.1 Å². The molecule has 0 aliphatic carbocycles. The summed E-state index contributed by atoms with van der Waals surface area (Å²) in [6.45, 7) is 11.2. The maximum atomic E-state index is 13.7. The summed E-state index contributed by atoms with van der Waals surface area (Å²) in [5.41, 5.74) is 4.42. The van der Waals surface area contributed by atoms with Gasteiger partial charge in [-0.25, -0.2) is 4.79 Å². The Bertz CT molecular complexity index is 1390. The van der Waals surface area contributed by atoms with E-state index >= 15 is 0 Å². The number of methoxy groups -OCH3 is 2. The zero-order chi connectivity index (χ0) is 30.4. The second-order valence-corrected chi connectivity index (χ2v) is 13.1. The summed E-state index contributed by atoms with van der Waals surface area (Å²) in [4.78, 5) is 20.0. The fourth-order valence-corrected chi connectivity index (χ4v) is 7.44. The summed E-state index contributed by atoms with van der Waals surface area (Å²) < 4.78 is 17.4. The van der Waals surface area contributed by atoms with Crippen LogP contribution in [0.5, 0.6) is 17.2 Å². The number of ether oxygens (including phenoxy) is 3. The van der Waals surface area contributed by atoms with E-state index in [2.05, 4.69) is 53.1 Å². The molecule has 0 radical (unpaired) electrons. The van der Waals surface area contributed by atoms with Gasteiger partial charge in [-0.2, -0.15) is 3.89 Å². The average Bonchev–Trinajstić information content (AvgIpc) is 3.03. The largest absolute Gasteiger partial charge is 0.497 e. The van der Waals surface area contributed by atoms with Crippen molar-refractivity contribution >= 4 is 23.5 Å². The first-order chi connectivity index (χ1) is 20.8. The third-order valence-corrected chi connectivity index (χ3v) is 10.1. The molecule has 7 nitrogen and oxygen atoms in total. The highest BCUT2D eigenvalue weighted by Gasteiger charge is 2.47. The summed E-state index contributed by atoms with van der Waals surface area (Å²) in [5.74, 6) is 2.51. The molecule has 1 amide bonds. The van der Waals surface area contributed by atoms with E-state index in [1.54, 1.807) is 26.2 Å². The van der Waals surface area contributed by atoms with Crippen molar-refractivity contribution in [1.82, 2.24) is 13.7 Å². The molecule has 0 bridgehead atoms. The quantitative estimate of drug-likeness (QED) is 0.136. The molecular formula is C35H46N3O4S+. The van der Waals surface area contributed by atoms with Crippen LogP contribution in [0, 0.1) is 6.92 Å². The van der Waals surface area contributed by atoms with Gasteiger partial charge in [0.15, 0.2) is 11.4 Å². The fourth-order valence-electron chi connectivity index (χ4n) is 6.07. The highest BCUT2D eigenvalue weighted by molar-refractivity contribution is 7.99. The summed E-state index contributed by atoms with van der Waals surface area (Å²) in [6, 6.07) is 20.6. The monoisotopic (exact) mass is 604 g/mol. The lowest BCUT2D eigenvalue weighted by atomic mass is 9.99. The minimum absolute atomic E-state index is 0.158. The van der Waals surface area contributed by atoms with Crippen LogP contribution in [0.4, 0.5) is 5.69 Å². The number of nitrogens with zero attached hydrogens (tertiary/aromatic N) is 3. The van der Waals surface area contributed by atoms with Gasteiger partial charge in [-0.3, -0.25) is 0 Å². The van der Waals surface area contributed by atoms with Gasteiger partial charge in [0.2, 0.25) is 0 Å². The highest BCUT2D eigenvalue weighted by Crippen LogP contribution is 2.49. The van der Waals surface area contributed by atoms with E-state index in [1.807, 2.05) is 38.2 Å². The first kappa shape index (κ1) is 31.4. The molecule has 0 aromatic heterocycles. The zero-order valence-electron chi connectivity index (χ0n) is 26.3. The predicted molar refractivity (Wildman–Crippen MR) is 175 cm³/mol. The molecule has 0 N–H and O–H groups in total. The normalized spacial score (nSPS) is 21.0. The van der Waals surface area contributed by atoms with Gasteiger partial charge >= 0.3 is 5.91 Å². The number of amides is 1. The molecule has 5 rings (SSSR count). The lowest BCUT2D eigenvalue weighted by Gasteiger charge is -2.36. The second kappa shape index (κ2) is 14.2. The predicted octanol–water partition coefficient (Wildman–Crippen LogP) is 6.32. The second-order valence-electron chi connectivity index (χ2n) is 11.8. The number of carbonyl (C=O) groups excluding carboxylic acids is 1. The number of quaternary nitrogens is 1. The van der Waals surface area contributed by atoms with Crippen LogP contribution in [0.1, 0.15) is 42.4 Å². The van der Waals surface area contributed by atoms with E-state index in [-0.39, 0.29) is 15.7 Å². The van der Waals surface area contributed by atoms with Crippen molar-refractivity contribution in [1.29, 1.82) is 0 Å². The highest BCUT2D eigenvalue weighted by atomic mass is 32.2. The molecule has 1 fully saturated rings. The molecule has 2 aliphatic heterocycles. The van der Waals surface area contributed by atoms with Crippen LogP contribution in [0.2, 0.25) is 0 Å². The Labute approximate surface area is 261 Å². The Morgan fingerprint density at radius 2 is 1.56 bits per heavy atom. The molecule has 1 saturated heterocycles. The summed E-state index contributed by atoms with van der Waals surface area (Å²) in [7, 11) is 5.40. The molecule has 230 valence electrons. The third kappa shape index (κ3) is 7.37. The fraction of sp³-hybridized carbons (Fsp3) is 0.457. The average molecular weight is 605 g/mol. The Morgan fingerprint density at radius 1 is 0.884 bits per heavy atom. The van der Waals surface area contributed by atoms with Gasteiger partial charge in [0.25, 0.3) is 0 Å². The number of unbranched alkanes of at least 4 members (excludes halogenated alkanes) is 1. The van der Waals surface area contributed by atoms with Crippen LogP contribution in [-0.4, -0.2) is 82.8 Å². The lowest BCUT2D eigenvalue weighted by molar-refractivity contribution is -0.126. The molecule has 2 atom stereocenters. The van der Waals surface area contributed by atoms with Crippen LogP contribution in [0.3, 0.4) is 0 Å². The molecule has 2 unspecified atom stereocenters. The van der Waals surface area contributed by atoms with Gasteiger partial charge in [0.05, 0.1) is 38.7 Å². The third-order valence-electron chi connectivity index (χ3n) is 8.75. The Morgan fingerprint density at radius 3 is 2.26 bits per heavy atom. The molecule has 8 heteroatoms. The first-order valence-corrected chi connectivity index (χ1v) is 16.2. The van der Waals surface area contributed by atoms with Gasteiger partial charge in [-0.15, -0.1) is 0 Å². The topological polar surface area (TPSA) is 51.2 Å². The van der Waals surface area contributed by atoms with Gasteiger partial charge in [-0.05, 0) is 80.6 Å². The molecule has 0 saturated carbocycles. The SMILES string of the molecule is COc1cc(CCN2CCN(CCCCOc3ccc(C)cc3[N+]3(C)Sc4ccccc4C(C)C3=O)CC2)cc(OC)c1. The molecular weight excluding hydrogens is 558 g/mol. The summed E-state index contributed by atoms with van der Waals surface area (Å²) in [6.07, 6.45) is 3.06. The van der Waals surface area contributed by atoms with Crippen molar-refractivity contribution in [3.8, 4) is 17.2 Å². The van der Waals surface area contributed by atoms with E-state index < -0.39 is 0 Å². The van der Waals surface area contributed by atoms with E-state index in [4.69, 9.17) is 14.2 Å².